The summed E-state index contributed by atoms with van der Waals surface area (Å²) in [5.41, 5.74) is 1.15. The lowest BCUT2D eigenvalue weighted by atomic mass is 10.3. The summed E-state index contributed by atoms with van der Waals surface area (Å²) in [4.78, 5) is 24.1. The smallest absolute Gasteiger partial charge is 0.354 e. The summed E-state index contributed by atoms with van der Waals surface area (Å²) in [6.07, 6.45) is 4.97. The summed E-state index contributed by atoms with van der Waals surface area (Å²) in [5, 5.41) is 12.9. The molecule has 0 aliphatic heterocycles. The Morgan fingerprint density at radius 2 is 2.04 bits per heavy atom. The monoisotopic (exact) mass is 344 g/mol. The van der Waals surface area contributed by atoms with Gasteiger partial charge in [-0.2, -0.15) is 0 Å². The minimum Gasteiger partial charge on any atom is -0.477 e. The van der Waals surface area contributed by atoms with E-state index in [1.165, 1.54) is 29.3 Å². The predicted molar refractivity (Wildman–Crippen MR) is 89.7 cm³/mol. The van der Waals surface area contributed by atoms with Crippen molar-refractivity contribution in [2.24, 2.45) is 0 Å². The van der Waals surface area contributed by atoms with Crippen molar-refractivity contribution in [3.8, 4) is 0 Å². The fourth-order valence-electron chi connectivity index (χ4n) is 1.79. The Morgan fingerprint density at radius 1 is 1.22 bits per heavy atom. The average molecular weight is 344 g/mol. The van der Waals surface area contributed by atoms with Crippen LogP contribution in [0.4, 0.5) is 10.9 Å². The molecule has 8 heteroatoms. The van der Waals surface area contributed by atoms with Crippen LogP contribution in [0.3, 0.4) is 0 Å². The molecule has 2 N–H and O–H groups in total. The molecule has 0 unspecified atom stereocenters. The highest BCUT2D eigenvalue weighted by Gasteiger charge is 2.08. The van der Waals surface area contributed by atoms with Crippen LogP contribution in [0.2, 0.25) is 0 Å². The van der Waals surface area contributed by atoms with Crippen molar-refractivity contribution in [2.45, 2.75) is 16.0 Å². The van der Waals surface area contributed by atoms with E-state index in [9.17, 15) is 4.79 Å². The van der Waals surface area contributed by atoms with Gasteiger partial charge in [-0.15, -0.1) is 0 Å². The van der Waals surface area contributed by atoms with E-state index in [0.29, 0.717) is 0 Å². The zero-order valence-corrected chi connectivity index (χ0v) is 13.7. The Labute approximate surface area is 140 Å². The minimum atomic E-state index is -1.04. The molecule has 0 radical (unpaired) electrons. The molecular formula is C15H12N4O2S2. The maximum absolute atomic E-state index is 10.9. The number of anilines is 2. The number of pyridine rings is 2. The van der Waals surface area contributed by atoms with Crippen molar-refractivity contribution < 1.29 is 9.90 Å². The third kappa shape index (κ3) is 4.05. The summed E-state index contributed by atoms with van der Waals surface area (Å²) in [6, 6.07) is 7.18. The number of hydrogen-bond acceptors (Lipinski definition) is 7. The highest BCUT2D eigenvalue weighted by atomic mass is 32.2. The fraction of sp³-hybridized carbons (Fsp3) is 0.0667. The van der Waals surface area contributed by atoms with Gasteiger partial charge in [0.2, 0.25) is 0 Å². The molecule has 0 bridgehead atoms. The zero-order chi connectivity index (χ0) is 16.2. The number of thiazole rings is 1. The van der Waals surface area contributed by atoms with Gasteiger partial charge in [0.25, 0.3) is 0 Å². The number of carboxylic acid groups (broad SMARTS) is 1. The average Bonchev–Trinajstić information content (AvgIpc) is 2.94. The summed E-state index contributed by atoms with van der Waals surface area (Å²) in [7, 11) is 0. The Bertz CT molecular complexity index is 851. The van der Waals surface area contributed by atoms with Gasteiger partial charge in [0, 0.05) is 17.3 Å². The van der Waals surface area contributed by atoms with Gasteiger partial charge < -0.3 is 10.4 Å². The van der Waals surface area contributed by atoms with Crippen LogP contribution in [0.1, 0.15) is 16.1 Å². The van der Waals surface area contributed by atoms with Gasteiger partial charge >= 0.3 is 5.97 Å². The Kier molecular flexibility index (Phi) is 4.54. The van der Waals surface area contributed by atoms with E-state index in [4.69, 9.17) is 5.11 Å². The summed E-state index contributed by atoms with van der Waals surface area (Å²) in [6.45, 7) is 2.00. The molecule has 3 heterocycles. The summed E-state index contributed by atoms with van der Waals surface area (Å²) in [5.74, 6) is -0.294. The van der Waals surface area contributed by atoms with Crippen LogP contribution in [0.5, 0.6) is 0 Å². The van der Waals surface area contributed by atoms with Crippen LogP contribution in [-0.2, 0) is 0 Å². The third-order valence-corrected chi connectivity index (χ3v) is 4.81. The quantitative estimate of drug-likeness (QED) is 0.727. The number of carbonyl (C=O) groups is 1. The maximum Gasteiger partial charge on any atom is 0.354 e. The Morgan fingerprint density at radius 3 is 2.83 bits per heavy atom. The number of nitrogens with one attached hydrogen (secondary N) is 1. The largest absolute Gasteiger partial charge is 0.477 e. The van der Waals surface area contributed by atoms with Crippen molar-refractivity contribution in [2.75, 3.05) is 5.32 Å². The Balaban J connectivity index is 1.72. The van der Waals surface area contributed by atoms with Crippen LogP contribution >= 0.6 is 23.1 Å². The standard InChI is InChI=1S/C15H12N4O2S2/c1-9-2-4-17-12(6-9)19-15-18-8-13(23-15)22-10-3-5-16-11(7-10)14(20)21/h2-8H,1H3,(H,20,21)(H,17,18,19). The second-order valence-electron chi connectivity index (χ2n) is 4.61. The van der Waals surface area contributed by atoms with E-state index < -0.39 is 5.97 Å². The predicted octanol–water partition coefficient (Wildman–Crippen LogP) is 3.83. The molecule has 0 fully saturated rings. The molecule has 23 heavy (non-hydrogen) atoms. The molecule has 6 nitrogen and oxygen atoms in total. The highest BCUT2D eigenvalue weighted by molar-refractivity contribution is 8.01. The topological polar surface area (TPSA) is 88.0 Å². The number of carboxylic acids is 1. The van der Waals surface area contributed by atoms with Gasteiger partial charge in [-0.3, -0.25) is 0 Å². The molecule has 0 aromatic carbocycles. The van der Waals surface area contributed by atoms with E-state index in [2.05, 4.69) is 20.3 Å². The molecule has 116 valence electrons. The molecule has 3 rings (SSSR count). The lowest BCUT2D eigenvalue weighted by Crippen LogP contribution is -1.98. The molecule has 0 amide bonds. The van der Waals surface area contributed by atoms with E-state index in [1.807, 2.05) is 19.1 Å². The number of aryl methyl sites for hydroxylation is 1. The molecule has 3 aromatic heterocycles. The number of rotatable bonds is 5. The first-order valence-corrected chi connectivity index (χ1v) is 8.26. The number of aromatic nitrogens is 3. The Hall–Kier alpha value is -2.45. The van der Waals surface area contributed by atoms with E-state index in [-0.39, 0.29) is 5.69 Å². The van der Waals surface area contributed by atoms with Crippen molar-refractivity contribution in [3.63, 3.8) is 0 Å². The van der Waals surface area contributed by atoms with Gasteiger partial charge in [0.05, 0.1) is 10.4 Å². The van der Waals surface area contributed by atoms with E-state index in [0.717, 1.165) is 25.6 Å². The maximum atomic E-state index is 10.9. The van der Waals surface area contributed by atoms with E-state index in [1.54, 1.807) is 24.5 Å². The number of aromatic carboxylic acids is 1. The summed E-state index contributed by atoms with van der Waals surface area (Å²) < 4.78 is 0.947. The molecule has 0 atom stereocenters. The lowest BCUT2D eigenvalue weighted by molar-refractivity contribution is 0.0690. The fourth-order valence-corrected chi connectivity index (χ4v) is 3.67. The van der Waals surface area contributed by atoms with Crippen LogP contribution in [0.15, 0.2) is 52.0 Å². The van der Waals surface area contributed by atoms with Gasteiger partial charge in [0.1, 0.15) is 11.5 Å². The zero-order valence-electron chi connectivity index (χ0n) is 12.1. The van der Waals surface area contributed by atoms with Gasteiger partial charge in [-0.1, -0.05) is 23.1 Å². The third-order valence-electron chi connectivity index (χ3n) is 2.80. The van der Waals surface area contributed by atoms with Crippen LogP contribution in [0.25, 0.3) is 0 Å². The number of nitrogens with zero attached hydrogens (tertiary/aromatic N) is 3. The molecule has 0 aliphatic rings. The van der Waals surface area contributed by atoms with Crippen LogP contribution < -0.4 is 5.32 Å². The van der Waals surface area contributed by atoms with Crippen molar-refractivity contribution in [1.29, 1.82) is 0 Å². The van der Waals surface area contributed by atoms with Gasteiger partial charge in [-0.25, -0.2) is 19.7 Å². The van der Waals surface area contributed by atoms with E-state index >= 15 is 0 Å². The SMILES string of the molecule is Cc1ccnc(Nc2ncc(Sc3ccnc(C(=O)O)c3)s2)c1. The normalized spacial score (nSPS) is 10.5. The van der Waals surface area contributed by atoms with Crippen molar-refractivity contribution in [1.82, 2.24) is 15.0 Å². The first-order valence-electron chi connectivity index (χ1n) is 6.63. The first kappa shape index (κ1) is 15.4. The minimum absolute atomic E-state index is 0.0295. The van der Waals surface area contributed by atoms with Crippen LogP contribution in [0, 0.1) is 6.92 Å². The summed E-state index contributed by atoms with van der Waals surface area (Å²) >= 11 is 2.92. The molecule has 3 aromatic rings. The molecular weight excluding hydrogens is 332 g/mol. The molecule has 0 aliphatic carbocycles. The highest BCUT2D eigenvalue weighted by Crippen LogP contribution is 2.34. The second kappa shape index (κ2) is 6.76. The molecule has 0 spiro atoms. The van der Waals surface area contributed by atoms with Gasteiger partial charge in [0.15, 0.2) is 5.13 Å². The van der Waals surface area contributed by atoms with Crippen molar-refractivity contribution >= 4 is 40.0 Å². The molecule has 0 saturated heterocycles. The van der Waals surface area contributed by atoms with Crippen molar-refractivity contribution in [3.05, 3.63) is 54.1 Å². The molecule has 0 saturated carbocycles. The van der Waals surface area contributed by atoms with Crippen LogP contribution in [-0.4, -0.2) is 26.0 Å². The number of hydrogen-bond donors (Lipinski definition) is 2. The lowest BCUT2D eigenvalue weighted by Gasteiger charge is -2.01. The second-order valence-corrected chi connectivity index (χ2v) is 7.02. The first-order chi connectivity index (χ1) is 11.1. The van der Waals surface area contributed by atoms with Gasteiger partial charge in [-0.05, 0) is 36.8 Å².